The topological polar surface area (TPSA) is 117 Å². The first kappa shape index (κ1) is 29.9. The zero-order valence-corrected chi connectivity index (χ0v) is 24.6. The van der Waals surface area contributed by atoms with Crippen molar-refractivity contribution in [2.45, 2.75) is 27.2 Å². The monoisotopic (exact) mass is 594 g/mol. The van der Waals surface area contributed by atoms with E-state index in [1.807, 2.05) is 32.9 Å². The molecule has 4 aromatic carbocycles. The van der Waals surface area contributed by atoms with Gasteiger partial charge < -0.3 is 9.47 Å². The predicted molar refractivity (Wildman–Crippen MR) is 162 cm³/mol. The lowest BCUT2D eigenvalue weighted by atomic mass is 10.1. The second-order valence-electron chi connectivity index (χ2n) is 9.14. The standard InChI is InChI=1S/C30H30N2O7S2/c1-5-22-18-25(14-16-28(22)31(40(34)35)23-10-6-20(2)7-11-23)39-26-15-17-29(27(19-26)30(33)38-4)32(41(36)37)24-12-8-21(3)9-13-24/h6-19H,5H2,1-4H3,(H,34,35)(H,36,37). The Labute approximate surface area is 244 Å². The fraction of sp³-hybridized carbons (Fsp3) is 0.167. The molecular weight excluding hydrogens is 564 g/mol. The van der Waals surface area contributed by atoms with Crippen LogP contribution in [0.3, 0.4) is 0 Å². The molecule has 41 heavy (non-hydrogen) atoms. The van der Waals surface area contributed by atoms with Crippen molar-refractivity contribution in [1.82, 2.24) is 0 Å². The quantitative estimate of drug-likeness (QED) is 0.150. The van der Waals surface area contributed by atoms with Gasteiger partial charge in [-0.25, -0.2) is 21.8 Å². The molecule has 2 atom stereocenters. The summed E-state index contributed by atoms with van der Waals surface area (Å²) >= 11 is -4.80. The fourth-order valence-electron chi connectivity index (χ4n) is 4.26. The fourth-order valence-corrected chi connectivity index (χ4v) is 5.54. The minimum Gasteiger partial charge on any atom is -0.465 e. The molecular formula is C30H30N2O7S2. The summed E-state index contributed by atoms with van der Waals surface area (Å²) in [6, 6.07) is 23.9. The summed E-state index contributed by atoms with van der Waals surface area (Å²) < 4.78 is 58.4. The molecule has 0 bridgehead atoms. The molecule has 0 saturated carbocycles. The number of methoxy groups -OCH3 is 1. The van der Waals surface area contributed by atoms with Crippen LogP contribution in [0.1, 0.15) is 34.0 Å². The number of carbonyl (C=O) groups is 1. The van der Waals surface area contributed by atoms with Gasteiger partial charge in [0.15, 0.2) is 0 Å². The summed E-state index contributed by atoms with van der Waals surface area (Å²) in [7, 11) is 1.23. The maximum absolute atomic E-state index is 12.7. The van der Waals surface area contributed by atoms with Gasteiger partial charge in [-0.1, -0.05) is 42.3 Å². The highest BCUT2D eigenvalue weighted by Gasteiger charge is 2.24. The largest absolute Gasteiger partial charge is 0.465 e. The number of nitrogens with zero attached hydrogens (tertiary/aromatic N) is 2. The summed E-state index contributed by atoms with van der Waals surface area (Å²) in [5.74, 6) is 0.0114. The van der Waals surface area contributed by atoms with Crippen LogP contribution < -0.4 is 13.3 Å². The smallest absolute Gasteiger partial charge is 0.340 e. The van der Waals surface area contributed by atoms with Crippen LogP contribution in [0, 0.1) is 13.8 Å². The summed E-state index contributed by atoms with van der Waals surface area (Å²) in [4.78, 5) is 12.7. The number of anilines is 4. The molecule has 0 saturated heterocycles. The van der Waals surface area contributed by atoms with Crippen LogP contribution in [0.4, 0.5) is 22.7 Å². The number of carbonyl (C=O) groups excluding carboxylic acids is 1. The highest BCUT2D eigenvalue weighted by Crippen LogP contribution is 2.37. The molecule has 4 aromatic rings. The van der Waals surface area contributed by atoms with Gasteiger partial charge >= 0.3 is 5.97 Å². The molecule has 0 heterocycles. The number of ether oxygens (including phenoxy) is 2. The highest BCUT2D eigenvalue weighted by atomic mass is 32.2. The predicted octanol–water partition coefficient (Wildman–Crippen LogP) is 6.99. The average molecular weight is 595 g/mol. The first-order valence-corrected chi connectivity index (χ1v) is 14.7. The molecule has 214 valence electrons. The molecule has 0 radical (unpaired) electrons. The molecule has 0 aliphatic rings. The van der Waals surface area contributed by atoms with E-state index in [4.69, 9.17) is 9.47 Å². The zero-order valence-electron chi connectivity index (χ0n) is 22.9. The third kappa shape index (κ3) is 6.83. The van der Waals surface area contributed by atoms with Crippen molar-refractivity contribution in [2.24, 2.45) is 0 Å². The van der Waals surface area contributed by atoms with Gasteiger partial charge in [0, 0.05) is 0 Å². The van der Waals surface area contributed by atoms with Crippen LogP contribution >= 0.6 is 0 Å². The Bertz CT molecular complexity index is 1590. The van der Waals surface area contributed by atoms with Crippen molar-refractivity contribution >= 4 is 51.3 Å². The van der Waals surface area contributed by atoms with E-state index >= 15 is 0 Å². The summed E-state index contributed by atoms with van der Waals surface area (Å²) in [5, 5.41) is 0. The van der Waals surface area contributed by atoms with E-state index in [1.54, 1.807) is 60.7 Å². The van der Waals surface area contributed by atoms with Gasteiger partial charge in [-0.05, 0) is 86.5 Å². The normalized spacial score (nSPS) is 12.3. The lowest BCUT2D eigenvalue weighted by Gasteiger charge is -2.24. The average Bonchev–Trinajstić information content (AvgIpc) is 2.95. The van der Waals surface area contributed by atoms with E-state index in [9.17, 15) is 22.3 Å². The molecule has 0 spiro atoms. The van der Waals surface area contributed by atoms with Crippen molar-refractivity contribution in [3.63, 3.8) is 0 Å². The second kappa shape index (κ2) is 13.1. The van der Waals surface area contributed by atoms with Crippen molar-refractivity contribution < 1.29 is 31.8 Å². The van der Waals surface area contributed by atoms with Gasteiger partial charge in [-0.15, -0.1) is 0 Å². The lowest BCUT2D eigenvalue weighted by molar-refractivity contribution is 0.0601. The molecule has 0 aromatic heterocycles. The highest BCUT2D eigenvalue weighted by molar-refractivity contribution is 7.81. The van der Waals surface area contributed by atoms with Gasteiger partial charge in [0.05, 0.1) is 35.4 Å². The minimum atomic E-state index is -2.48. The van der Waals surface area contributed by atoms with Crippen molar-refractivity contribution in [2.75, 3.05) is 15.7 Å². The number of rotatable bonds is 10. The Morgan fingerprint density at radius 3 is 1.66 bits per heavy atom. The van der Waals surface area contributed by atoms with E-state index < -0.39 is 28.5 Å². The second-order valence-corrected chi connectivity index (χ2v) is 10.8. The summed E-state index contributed by atoms with van der Waals surface area (Å²) in [5.41, 5.74) is 4.49. The van der Waals surface area contributed by atoms with Crippen molar-refractivity contribution in [1.29, 1.82) is 0 Å². The first-order valence-electron chi connectivity index (χ1n) is 12.6. The number of benzene rings is 4. The van der Waals surface area contributed by atoms with E-state index in [0.29, 0.717) is 29.2 Å². The van der Waals surface area contributed by atoms with Gasteiger partial charge in [0.25, 0.3) is 22.5 Å². The summed E-state index contributed by atoms with van der Waals surface area (Å²) in [6.45, 7) is 5.76. The SMILES string of the molecule is CCc1cc(Oc2ccc(N(c3ccc(C)cc3)S(=O)O)c(C(=O)OC)c2)ccc1N(c1ccc(C)cc1)S(=O)O. The van der Waals surface area contributed by atoms with Crippen LogP contribution in [-0.4, -0.2) is 30.6 Å². The van der Waals surface area contributed by atoms with Crippen LogP contribution in [-0.2, 0) is 33.7 Å². The maximum Gasteiger partial charge on any atom is 0.340 e. The number of esters is 1. The van der Waals surface area contributed by atoms with E-state index in [-0.39, 0.29) is 17.0 Å². The number of aryl methyl sites for hydroxylation is 3. The van der Waals surface area contributed by atoms with Gasteiger partial charge in [0.1, 0.15) is 11.5 Å². The first-order chi connectivity index (χ1) is 19.6. The Morgan fingerprint density at radius 2 is 1.20 bits per heavy atom. The Balaban J connectivity index is 1.70. The van der Waals surface area contributed by atoms with E-state index in [0.717, 1.165) is 21.0 Å². The molecule has 0 amide bonds. The Hall–Kier alpha value is -4.03. The van der Waals surface area contributed by atoms with Crippen molar-refractivity contribution in [3.05, 3.63) is 107 Å². The molecule has 4 rings (SSSR count). The Kier molecular flexibility index (Phi) is 9.56. The van der Waals surface area contributed by atoms with Gasteiger partial charge in [-0.3, -0.25) is 9.11 Å². The Morgan fingerprint density at radius 1 is 0.732 bits per heavy atom. The minimum absolute atomic E-state index is 0.0292. The van der Waals surface area contributed by atoms with Crippen LogP contribution in [0.25, 0.3) is 0 Å². The van der Waals surface area contributed by atoms with Gasteiger partial charge in [-0.2, -0.15) is 0 Å². The van der Waals surface area contributed by atoms with Gasteiger partial charge in [0.2, 0.25) is 0 Å². The maximum atomic E-state index is 12.7. The third-order valence-electron chi connectivity index (χ3n) is 6.33. The lowest BCUT2D eigenvalue weighted by Crippen LogP contribution is -2.22. The summed E-state index contributed by atoms with van der Waals surface area (Å²) in [6.07, 6.45) is 0.548. The number of hydrogen-bond donors (Lipinski definition) is 2. The molecule has 11 heteroatoms. The van der Waals surface area contributed by atoms with Crippen LogP contribution in [0.5, 0.6) is 11.5 Å². The van der Waals surface area contributed by atoms with E-state index in [2.05, 4.69) is 0 Å². The van der Waals surface area contributed by atoms with Crippen molar-refractivity contribution in [3.8, 4) is 11.5 Å². The van der Waals surface area contributed by atoms with Crippen LogP contribution in [0.2, 0.25) is 0 Å². The molecule has 0 fully saturated rings. The third-order valence-corrected chi connectivity index (χ3v) is 7.77. The van der Waals surface area contributed by atoms with Crippen LogP contribution in [0.15, 0.2) is 84.9 Å². The zero-order chi connectivity index (χ0) is 29.7. The molecule has 2 N–H and O–H groups in total. The number of hydrogen-bond acceptors (Lipinski definition) is 5. The molecule has 9 nitrogen and oxygen atoms in total. The molecule has 0 aliphatic heterocycles. The molecule has 0 aliphatic carbocycles. The van der Waals surface area contributed by atoms with E-state index in [1.165, 1.54) is 23.5 Å². The molecule has 2 unspecified atom stereocenters.